The first-order valence-electron chi connectivity index (χ1n) is 7.19. The van der Waals surface area contributed by atoms with Crippen molar-refractivity contribution in [3.63, 3.8) is 0 Å². The maximum atomic E-state index is 11.7. The fourth-order valence-electron chi connectivity index (χ4n) is 2.23. The Labute approximate surface area is 115 Å². The third-order valence-electron chi connectivity index (χ3n) is 3.40. The molecule has 1 rings (SSSR count). The monoisotopic (exact) mass is 270 g/mol. The first-order valence-corrected chi connectivity index (χ1v) is 7.19. The lowest BCUT2D eigenvalue weighted by Crippen LogP contribution is -2.45. The van der Waals surface area contributed by atoms with Crippen LogP contribution in [0.5, 0.6) is 0 Å². The van der Waals surface area contributed by atoms with Crippen LogP contribution >= 0.6 is 0 Å². The van der Waals surface area contributed by atoms with Crippen molar-refractivity contribution in [1.29, 1.82) is 0 Å². The van der Waals surface area contributed by atoms with E-state index in [0.717, 1.165) is 12.8 Å². The minimum absolute atomic E-state index is 0.0137. The molecular weight excluding hydrogens is 244 g/mol. The highest BCUT2D eigenvalue weighted by Crippen LogP contribution is 2.23. The van der Waals surface area contributed by atoms with Crippen LogP contribution < -0.4 is 10.6 Å². The largest absolute Gasteiger partial charge is 0.449 e. The number of carbonyl (C=O) groups excluding carboxylic acids is 2. The minimum atomic E-state index is -0.527. The van der Waals surface area contributed by atoms with Gasteiger partial charge in [0, 0.05) is 6.04 Å². The van der Waals surface area contributed by atoms with Gasteiger partial charge in [-0.15, -0.1) is 0 Å². The Balaban J connectivity index is 2.18. The third-order valence-corrected chi connectivity index (χ3v) is 3.40. The standard InChI is InChI=1S/C14H26N2O3/c1-10(2)9-19-14(18)15-8-13(17)16-12-7-5-4-6-11(12)3/h10-12H,4-9H2,1-3H3,(H,15,18)(H,16,17)/t11-,12-/m1/s1. The molecule has 0 spiro atoms. The van der Waals surface area contributed by atoms with E-state index in [9.17, 15) is 9.59 Å². The molecule has 1 fully saturated rings. The second-order valence-corrected chi connectivity index (χ2v) is 5.78. The van der Waals surface area contributed by atoms with Crippen LogP contribution in [0.3, 0.4) is 0 Å². The van der Waals surface area contributed by atoms with Gasteiger partial charge in [-0.25, -0.2) is 4.79 Å². The number of nitrogens with one attached hydrogen (secondary N) is 2. The van der Waals surface area contributed by atoms with Gasteiger partial charge in [-0.2, -0.15) is 0 Å². The molecule has 1 saturated carbocycles. The van der Waals surface area contributed by atoms with Crippen LogP contribution in [0.4, 0.5) is 4.79 Å². The van der Waals surface area contributed by atoms with Crippen LogP contribution in [0.1, 0.15) is 46.5 Å². The predicted octanol–water partition coefficient (Wildman–Crippen LogP) is 2.06. The number of carbonyl (C=O) groups is 2. The molecule has 2 atom stereocenters. The van der Waals surface area contributed by atoms with Crippen molar-refractivity contribution in [2.75, 3.05) is 13.2 Å². The van der Waals surface area contributed by atoms with E-state index in [1.807, 2.05) is 13.8 Å². The van der Waals surface area contributed by atoms with Gasteiger partial charge in [0.2, 0.25) is 5.91 Å². The van der Waals surface area contributed by atoms with E-state index in [4.69, 9.17) is 4.74 Å². The molecule has 110 valence electrons. The average molecular weight is 270 g/mol. The van der Waals surface area contributed by atoms with Crippen molar-refractivity contribution < 1.29 is 14.3 Å². The molecule has 2 amide bonds. The fraction of sp³-hybridized carbons (Fsp3) is 0.857. The summed E-state index contributed by atoms with van der Waals surface area (Å²) in [5.74, 6) is 0.675. The van der Waals surface area contributed by atoms with E-state index in [1.54, 1.807) is 0 Å². The summed E-state index contributed by atoms with van der Waals surface area (Å²) in [5.41, 5.74) is 0. The number of rotatable bonds is 5. The molecule has 0 aromatic rings. The van der Waals surface area contributed by atoms with Gasteiger partial charge in [0.05, 0.1) is 6.61 Å². The average Bonchev–Trinajstić information content (AvgIpc) is 2.36. The number of hydrogen-bond acceptors (Lipinski definition) is 3. The molecule has 0 saturated heterocycles. The Kier molecular flexibility index (Phi) is 6.67. The number of ether oxygens (including phenoxy) is 1. The van der Waals surface area contributed by atoms with Crippen molar-refractivity contribution in [2.45, 2.75) is 52.5 Å². The van der Waals surface area contributed by atoms with Crippen LogP contribution in [0.2, 0.25) is 0 Å². The highest BCUT2D eigenvalue weighted by molar-refractivity contribution is 5.82. The Morgan fingerprint density at radius 1 is 1.26 bits per heavy atom. The molecule has 1 aliphatic rings. The highest BCUT2D eigenvalue weighted by atomic mass is 16.5. The van der Waals surface area contributed by atoms with Crippen LogP contribution in [0.15, 0.2) is 0 Å². The van der Waals surface area contributed by atoms with Gasteiger partial charge < -0.3 is 15.4 Å². The van der Waals surface area contributed by atoms with Crippen molar-refractivity contribution in [1.82, 2.24) is 10.6 Å². The summed E-state index contributed by atoms with van der Waals surface area (Å²) in [6, 6.07) is 0.245. The van der Waals surface area contributed by atoms with Crippen molar-refractivity contribution in [3.8, 4) is 0 Å². The minimum Gasteiger partial charge on any atom is -0.449 e. The first kappa shape index (κ1) is 15.8. The van der Waals surface area contributed by atoms with Crippen LogP contribution in [-0.4, -0.2) is 31.2 Å². The number of alkyl carbamates (subject to hydrolysis) is 1. The molecule has 5 heteroatoms. The lowest BCUT2D eigenvalue weighted by atomic mass is 9.86. The zero-order valence-electron chi connectivity index (χ0n) is 12.2. The maximum absolute atomic E-state index is 11.7. The van der Waals surface area contributed by atoms with E-state index in [1.165, 1.54) is 12.8 Å². The summed E-state index contributed by atoms with van der Waals surface area (Å²) in [4.78, 5) is 23.0. The van der Waals surface area contributed by atoms with Gasteiger partial charge in [0.1, 0.15) is 6.54 Å². The van der Waals surface area contributed by atoms with E-state index < -0.39 is 6.09 Å². The molecule has 0 unspecified atom stereocenters. The zero-order valence-corrected chi connectivity index (χ0v) is 12.2. The molecular formula is C14H26N2O3. The fourth-order valence-corrected chi connectivity index (χ4v) is 2.23. The van der Waals surface area contributed by atoms with Crippen molar-refractivity contribution >= 4 is 12.0 Å². The van der Waals surface area contributed by atoms with Gasteiger partial charge >= 0.3 is 6.09 Å². The third kappa shape index (κ3) is 6.45. The SMILES string of the molecule is CC(C)COC(=O)NCC(=O)N[C@@H]1CCCC[C@H]1C. The Bertz CT molecular complexity index is 305. The molecule has 1 aliphatic carbocycles. The Morgan fingerprint density at radius 3 is 2.58 bits per heavy atom. The van der Waals surface area contributed by atoms with Gasteiger partial charge in [0.25, 0.3) is 0 Å². The van der Waals surface area contributed by atoms with E-state index in [-0.39, 0.29) is 18.5 Å². The van der Waals surface area contributed by atoms with E-state index in [2.05, 4.69) is 17.6 Å². The summed E-state index contributed by atoms with van der Waals surface area (Å²) in [6.07, 6.45) is 4.08. The van der Waals surface area contributed by atoms with E-state index in [0.29, 0.717) is 18.4 Å². The molecule has 5 nitrogen and oxygen atoms in total. The predicted molar refractivity (Wildman–Crippen MR) is 73.8 cm³/mol. The molecule has 19 heavy (non-hydrogen) atoms. The second kappa shape index (κ2) is 8.02. The lowest BCUT2D eigenvalue weighted by Gasteiger charge is -2.29. The Morgan fingerprint density at radius 2 is 1.95 bits per heavy atom. The van der Waals surface area contributed by atoms with Crippen LogP contribution in [-0.2, 0) is 9.53 Å². The van der Waals surface area contributed by atoms with Gasteiger partial charge in [-0.3, -0.25) is 4.79 Å². The smallest absolute Gasteiger partial charge is 0.407 e. The molecule has 0 bridgehead atoms. The van der Waals surface area contributed by atoms with Gasteiger partial charge in [0.15, 0.2) is 0 Å². The Hall–Kier alpha value is -1.26. The lowest BCUT2D eigenvalue weighted by molar-refractivity contribution is -0.121. The molecule has 0 radical (unpaired) electrons. The summed E-state index contributed by atoms with van der Waals surface area (Å²) < 4.78 is 4.93. The number of amides is 2. The summed E-state index contributed by atoms with van der Waals surface area (Å²) in [6.45, 7) is 6.44. The van der Waals surface area contributed by atoms with Crippen LogP contribution in [0.25, 0.3) is 0 Å². The summed E-state index contributed by atoms with van der Waals surface area (Å²) in [5, 5.41) is 5.45. The quantitative estimate of drug-likeness (QED) is 0.803. The van der Waals surface area contributed by atoms with Crippen molar-refractivity contribution in [3.05, 3.63) is 0 Å². The number of hydrogen-bond donors (Lipinski definition) is 2. The van der Waals surface area contributed by atoms with Crippen molar-refractivity contribution in [2.24, 2.45) is 11.8 Å². The highest BCUT2D eigenvalue weighted by Gasteiger charge is 2.22. The zero-order chi connectivity index (χ0) is 14.3. The summed E-state index contributed by atoms with van der Waals surface area (Å²) in [7, 11) is 0. The first-order chi connectivity index (χ1) is 8.99. The van der Waals surface area contributed by atoms with Crippen LogP contribution in [0, 0.1) is 11.8 Å². The topological polar surface area (TPSA) is 67.4 Å². The summed E-state index contributed by atoms with van der Waals surface area (Å²) >= 11 is 0. The maximum Gasteiger partial charge on any atom is 0.407 e. The van der Waals surface area contributed by atoms with E-state index >= 15 is 0 Å². The molecule has 0 aromatic heterocycles. The molecule has 0 aliphatic heterocycles. The van der Waals surface area contributed by atoms with Gasteiger partial charge in [-0.05, 0) is 24.7 Å². The van der Waals surface area contributed by atoms with Gasteiger partial charge in [-0.1, -0.05) is 33.6 Å². The normalized spacial score (nSPS) is 22.9. The molecule has 2 N–H and O–H groups in total. The molecule has 0 aromatic carbocycles. The second-order valence-electron chi connectivity index (χ2n) is 5.78. The molecule has 0 heterocycles.